The van der Waals surface area contributed by atoms with E-state index in [2.05, 4.69) is 13.8 Å². The van der Waals surface area contributed by atoms with E-state index in [9.17, 15) is 9.90 Å². The molecule has 0 heterocycles. The summed E-state index contributed by atoms with van der Waals surface area (Å²) in [6, 6.07) is 0. The van der Waals surface area contributed by atoms with Gasteiger partial charge in [0.2, 0.25) is 0 Å². The van der Waals surface area contributed by atoms with Crippen LogP contribution < -0.4 is 0 Å². The monoisotopic (exact) mass is 352 g/mol. The van der Waals surface area contributed by atoms with Crippen molar-refractivity contribution in [3.05, 3.63) is 48.6 Å². The highest BCUT2D eigenvalue weighted by molar-refractivity contribution is 5.66. The third-order valence-electron chi connectivity index (χ3n) is 3.12. The largest absolute Gasteiger partial charge is 0.481 e. The zero-order valence-corrected chi connectivity index (χ0v) is 16.0. The second-order valence-electron chi connectivity index (χ2n) is 5.85. The van der Waals surface area contributed by atoms with Crippen molar-refractivity contribution in [1.82, 2.24) is 0 Å². The Labute approximate surface area is 153 Å². The number of carbonyl (C=O) groups is 1. The molecular formula is C21H36O4. The Morgan fingerprint density at radius 2 is 1.48 bits per heavy atom. The first kappa shape index (κ1) is 25.6. The number of hydrogen-bond acceptors (Lipinski definition) is 3. The van der Waals surface area contributed by atoms with Crippen LogP contribution in [0.25, 0.3) is 0 Å². The Kier molecular flexibility index (Phi) is 20.9. The number of hydrogen-bond donors (Lipinski definition) is 3. The highest BCUT2D eigenvalue weighted by Gasteiger charge is 2.03. The smallest absolute Gasteiger partial charge is 0.303 e. The van der Waals surface area contributed by atoms with Crippen LogP contribution in [0.15, 0.2) is 48.6 Å². The Bertz CT molecular complexity index is 404. The van der Waals surface area contributed by atoms with E-state index in [4.69, 9.17) is 10.2 Å². The second-order valence-corrected chi connectivity index (χ2v) is 5.85. The molecule has 144 valence electrons. The van der Waals surface area contributed by atoms with Gasteiger partial charge in [-0.05, 0) is 26.2 Å². The van der Waals surface area contributed by atoms with Gasteiger partial charge in [0, 0.05) is 6.42 Å². The number of carboxylic acids is 1. The predicted molar refractivity (Wildman–Crippen MR) is 106 cm³/mol. The average molecular weight is 353 g/mol. The average Bonchev–Trinajstić information content (AvgIpc) is 2.54. The van der Waals surface area contributed by atoms with E-state index in [-0.39, 0.29) is 6.42 Å². The quantitative estimate of drug-likeness (QED) is 0.441. The van der Waals surface area contributed by atoms with Crippen LogP contribution >= 0.6 is 0 Å². The molecule has 0 radical (unpaired) electrons. The molecule has 0 amide bonds. The molecule has 0 bridgehead atoms. The van der Waals surface area contributed by atoms with E-state index in [1.165, 1.54) is 19.3 Å². The van der Waals surface area contributed by atoms with Crippen molar-refractivity contribution in [2.45, 2.75) is 77.9 Å². The molecule has 0 saturated carbocycles. The number of unbranched alkanes of at least 4 members (excludes halogenated alkanes) is 2. The Morgan fingerprint density at radius 3 is 1.96 bits per heavy atom. The molecule has 0 aromatic carbocycles. The molecule has 0 rings (SSSR count). The minimum absolute atomic E-state index is 0.103. The summed E-state index contributed by atoms with van der Waals surface area (Å²) < 4.78 is 0. The molecule has 25 heavy (non-hydrogen) atoms. The standard InChI is InChI=1S/C16H24O4.C5H12/c1-14(17)10-7-5-3-2-4-6-8-11-15(18)12-9-13-16(19)20;1-3-5-4-2/h2-8,10,14-15,17-18H,9,11-13H2,1H3,(H,19,20);3-5H2,1-2H3/b4-2+,5-3-,8-6+,10-7+;. The molecule has 0 saturated heterocycles. The van der Waals surface area contributed by atoms with Crippen molar-refractivity contribution >= 4 is 5.97 Å². The summed E-state index contributed by atoms with van der Waals surface area (Å²) in [5.74, 6) is -0.827. The highest BCUT2D eigenvalue weighted by Crippen LogP contribution is 2.05. The summed E-state index contributed by atoms with van der Waals surface area (Å²) in [7, 11) is 0. The van der Waals surface area contributed by atoms with Crippen LogP contribution in [0.3, 0.4) is 0 Å². The molecule has 0 aromatic rings. The van der Waals surface area contributed by atoms with Crippen molar-refractivity contribution in [2.24, 2.45) is 0 Å². The SMILES string of the molecule is CC(O)/C=C/C=C\C=C\C=C\CC(O)CCCC(=O)O.CCCCC. The second kappa shape index (κ2) is 20.4. The van der Waals surface area contributed by atoms with E-state index < -0.39 is 18.2 Å². The molecule has 0 aliphatic carbocycles. The van der Waals surface area contributed by atoms with Gasteiger partial charge < -0.3 is 15.3 Å². The van der Waals surface area contributed by atoms with E-state index in [1.54, 1.807) is 19.1 Å². The number of carboxylic acid groups (broad SMARTS) is 1. The third kappa shape index (κ3) is 27.5. The van der Waals surface area contributed by atoms with Crippen LogP contribution in [0.4, 0.5) is 0 Å². The molecule has 0 fully saturated rings. The molecule has 0 aliphatic rings. The molecule has 0 aromatic heterocycles. The molecule has 2 unspecified atom stereocenters. The highest BCUT2D eigenvalue weighted by atomic mass is 16.4. The summed E-state index contributed by atoms with van der Waals surface area (Å²) in [6.45, 7) is 6.11. The summed E-state index contributed by atoms with van der Waals surface area (Å²) in [6.07, 6.45) is 19.3. The first-order valence-corrected chi connectivity index (χ1v) is 9.18. The van der Waals surface area contributed by atoms with Crippen molar-refractivity contribution < 1.29 is 20.1 Å². The number of rotatable bonds is 12. The molecule has 4 nitrogen and oxygen atoms in total. The fourth-order valence-electron chi connectivity index (χ4n) is 1.76. The van der Waals surface area contributed by atoms with Gasteiger partial charge in [0.1, 0.15) is 0 Å². The fourth-order valence-corrected chi connectivity index (χ4v) is 1.76. The van der Waals surface area contributed by atoms with Crippen LogP contribution in [0.5, 0.6) is 0 Å². The van der Waals surface area contributed by atoms with Gasteiger partial charge in [0.25, 0.3) is 0 Å². The number of aliphatic hydroxyl groups is 2. The van der Waals surface area contributed by atoms with Crippen LogP contribution in [0.2, 0.25) is 0 Å². The van der Waals surface area contributed by atoms with E-state index in [0.717, 1.165) is 0 Å². The summed E-state index contributed by atoms with van der Waals surface area (Å²) >= 11 is 0. The van der Waals surface area contributed by atoms with E-state index >= 15 is 0 Å². The van der Waals surface area contributed by atoms with Gasteiger partial charge in [0.15, 0.2) is 0 Å². The maximum Gasteiger partial charge on any atom is 0.303 e. The van der Waals surface area contributed by atoms with Crippen molar-refractivity contribution in [3.8, 4) is 0 Å². The van der Waals surface area contributed by atoms with Crippen molar-refractivity contribution in [1.29, 1.82) is 0 Å². The molecule has 4 heteroatoms. The van der Waals surface area contributed by atoms with Crippen LogP contribution in [0, 0.1) is 0 Å². The molecule has 2 atom stereocenters. The zero-order valence-electron chi connectivity index (χ0n) is 16.0. The lowest BCUT2D eigenvalue weighted by Gasteiger charge is -2.05. The Hall–Kier alpha value is -1.65. The lowest BCUT2D eigenvalue weighted by molar-refractivity contribution is -0.137. The van der Waals surface area contributed by atoms with Gasteiger partial charge in [-0.2, -0.15) is 0 Å². The van der Waals surface area contributed by atoms with Gasteiger partial charge in [0.05, 0.1) is 12.2 Å². The first-order valence-electron chi connectivity index (χ1n) is 9.18. The normalized spacial score (nSPS) is 14.3. The maximum absolute atomic E-state index is 10.3. The minimum Gasteiger partial charge on any atom is -0.481 e. The molecule has 3 N–H and O–H groups in total. The van der Waals surface area contributed by atoms with Crippen LogP contribution in [0.1, 0.15) is 65.7 Å². The zero-order chi connectivity index (χ0) is 19.3. The fraction of sp³-hybridized carbons (Fsp3) is 0.571. The van der Waals surface area contributed by atoms with Crippen LogP contribution in [-0.4, -0.2) is 33.5 Å². The van der Waals surface area contributed by atoms with Crippen molar-refractivity contribution in [3.63, 3.8) is 0 Å². The molecule has 0 spiro atoms. The summed E-state index contributed by atoms with van der Waals surface area (Å²) in [5.41, 5.74) is 0. The third-order valence-corrected chi connectivity index (χ3v) is 3.12. The minimum atomic E-state index is -0.827. The predicted octanol–water partition coefficient (Wildman–Crippen LogP) is 4.79. The Balaban J connectivity index is 0. The van der Waals surface area contributed by atoms with Gasteiger partial charge in [-0.15, -0.1) is 0 Å². The van der Waals surface area contributed by atoms with Gasteiger partial charge in [-0.3, -0.25) is 4.79 Å². The maximum atomic E-state index is 10.3. The summed E-state index contributed by atoms with van der Waals surface area (Å²) in [5, 5.41) is 27.0. The van der Waals surface area contributed by atoms with Gasteiger partial charge >= 0.3 is 5.97 Å². The molecular weight excluding hydrogens is 316 g/mol. The number of aliphatic hydroxyl groups excluding tert-OH is 2. The lowest BCUT2D eigenvalue weighted by atomic mass is 10.1. The topological polar surface area (TPSA) is 77.8 Å². The van der Waals surface area contributed by atoms with Gasteiger partial charge in [-0.25, -0.2) is 0 Å². The Morgan fingerprint density at radius 1 is 0.920 bits per heavy atom. The van der Waals surface area contributed by atoms with E-state index in [1.807, 2.05) is 36.5 Å². The van der Waals surface area contributed by atoms with Crippen molar-refractivity contribution in [2.75, 3.05) is 0 Å². The first-order chi connectivity index (χ1) is 11.9. The number of aliphatic carboxylic acids is 1. The lowest BCUT2D eigenvalue weighted by Crippen LogP contribution is -2.06. The van der Waals surface area contributed by atoms with Crippen LogP contribution in [-0.2, 0) is 4.79 Å². The molecule has 0 aliphatic heterocycles. The van der Waals surface area contributed by atoms with Gasteiger partial charge in [-0.1, -0.05) is 81.7 Å². The van der Waals surface area contributed by atoms with E-state index in [0.29, 0.717) is 19.3 Å². The summed E-state index contributed by atoms with van der Waals surface area (Å²) in [4.78, 5) is 10.3. The number of allylic oxidation sites excluding steroid dienone is 6.